The highest BCUT2D eigenvalue weighted by Gasteiger charge is 2.22. The van der Waals surface area contributed by atoms with E-state index in [0.29, 0.717) is 11.4 Å². The summed E-state index contributed by atoms with van der Waals surface area (Å²) in [5.74, 6) is 0. The lowest BCUT2D eigenvalue weighted by molar-refractivity contribution is 0.197. The fourth-order valence-corrected chi connectivity index (χ4v) is 1.86. The Balaban J connectivity index is 2.30. The number of carboxylic acid groups (broad SMARTS) is 2. The van der Waals surface area contributed by atoms with Gasteiger partial charge in [-0.1, -0.05) is 36.4 Å². The summed E-state index contributed by atoms with van der Waals surface area (Å²) in [6.07, 6.45) is -2.44. The number of para-hydroxylation sites is 2. The third kappa shape index (κ3) is 3.50. The average Bonchev–Trinajstić information content (AvgIpc) is 2.49. The molecule has 0 aliphatic heterocycles. The van der Waals surface area contributed by atoms with Crippen molar-refractivity contribution in [3.63, 3.8) is 0 Å². The summed E-state index contributed by atoms with van der Waals surface area (Å²) < 4.78 is 0. The minimum atomic E-state index is -1.22. The molecule has 0 aliphatic carbocycles. The van der Waals surface area contributed by atoms with Crippen LogP contribution in [0.4, 0.5) is 21.0 Å². The van der Waals surface area contributed by atoms with Gasteiger partial charge in [0.2, 0.25) is 0 Å². The van der Waals surface area contributed by atoms with Crippen molar-refractivity contribution in [2.24, 2.45) is 0 Å². The summed E-state index contributed by atoms with van der Waals surface area (Å²) in [4.78, 5) is 24.7. The van der Waals surface area contributed by atoms with Gasteiger partial charge in [0.1, 0.15) is 6.67 Å². The maximum atomic E-state index is 11.4. The van der Waals surface area contributed by atoms with E-state index in [2.05, 4.69) is 0 Å². The van der Waals surface area contributed by atoms with E-state index in [1.54, 1.807) is 60.7 Å². The van der Waals surface area contributed by atoms with Crippen LogP contribution in [0.25, 0.3) is 0 Å². The third-order valence-electron chi connectivity index (χ3n) is 2.88. The molecule has 108 valence electrons. The Morgan fingerprint density at radius 3 is 1.33 bits per heavy atom. The highest BCUT2D eigenvalue weighted by molar-refractivity contribution is 5.91. The van der Waals surface area contributed by atoms with E-state index in [9.17, 15) is 19.8 Å². The zero-order valence-corrected chi connectivity index (χ0v) is 11.1. The molecule has 0 aliphatic rings. The molecule has 0 spiro atoms. The van der Waals surface area contributed by atoms with Crippen LogP contribution in [-0.2, 0) is 0 Å². The molecule has 0 bridgehead atoms. The molecule has 2 N–H and O–H groups in total. The van der Waals surface area contributed by atoms with Gasteiger partial charge in [-0.05, 0) is 24.3 Å². The summed E-state index contributed by atoms with van der Waals surface area (Å²) in [6, 6.07) is 16.7. The van der Waals surface area contributed by atoms with Crippen molar-refractivity contribution in [2.45, 2.75) is 0 Å². The Kier molecular flexibility index (Phi) is 4.40. The summed E-state index contributed by atoms with van der Waals surface area (Å²) in [5.41, 5.74) is 0.819. The fourth-order valence-electron chi connectivity index (χ4n) is 1.86. The van der Waals surface area contributed by atoms with Crippen molar-refractivity contribution < 1.29 is 19.8 Å². The monoisotopic (exact) mass is 286 g/mol. The molecule has 0 atom stereocenters. The molecular formula is C15H14N2O4. The molecule has 0 aromatic heterocycles. The van der Waals surface area contributed by atoms with Crippen LogP contribution in [0.2, 0.25) is 0 Å². The minimum Gasteiger partial charge on any atom is -0.465 e. The summed E-state index contributed by atoms with van der Waals surface area (Å²) in [5, 5.41) is 18.6. The number of rotatable bonds is 4. The van der Waals surface area contributed by atoms with Gasteiger partial charge in [0.05, 0.1) is 0 Å². The molecule has 0 saturated heterocycles. The second-order valence-corrected chi connectivity index (χ2v) is 4.23. The summed E-state index contributed by atoms with van der Waals surface area (Å²) >= 11 is 0. The maximum absolute atomic E-state index is 11.4. The van der Waals surface area contributed by atoms with E-state index in [1.807, 2.05) is 0 Å². The molecule has 6 nitrogen and oxygen atoms in total. The first kappa shape index (κ1) is 14.4. The Labute approximate surface area is 121 Å². The van der Waals surface area contributed by atoms with Crippen LogP contribution in [0.1, 0.15) is 0 Å². The number of amides is 2. The van der Waals surface area contributed by atoms with Gasteiger partial charge in [-0.2, -0.15) is 0 Å². The maximum Gasteiger partial charge on any atom is 0.413 e. The van der Waals surface area contributed by atoms with Crippen LogP contribution in [-0.4, -0.2) is 29.1 Å². The lowest BCUT2D eigenvalue weighted by atomic mass is 10.3. The van der Waals surface area contributed by atoms with Crippen molar-refractivity contribution in [1.82, 2.24) is 0 Å². The highest BCUT2D eigenvalue weighted by Crippen LogP contribution is 2.18. The topological polar surface area (TPSA) is 81.1 Å². The molecule has 0 fully saturated rings. The van der Waals surface area contributed by atoms with Gasteiger partial charge in [-0.25, -0.2) is 9.59 Å². The molecule has 0 radical (unpaired) electrons. The van der Waals surface area contributed by atoms with Gasteiger partial charge >= 0.3 is 12.2 Å². The first-order valence-corrected chi connectivity index (χ1v) is 6.20. The van der Waals surface area contributed by atoms with Gasteiger partial charge in [-0.15, -0.1) is 0 Å². The number of benzene rings is 2. The normalized spacial score (nSPS) is 9.90. The molecule has 0 unspecified atom stereocenters. The third-order valence-corrected chi connectivity index (χ3v) is 2.88. The average molecular weight is 286 g/mol. The Hall–Kier alpha value is -3.02. The fraction of sp³-hybridized carbons (Fsp3) is 0.0667. The molecule has 0 heterocycles. The Morgan fingerprint density at radius 2 is 1.05 bits per heavy atom. The molecule has 0 saturated carbocycles. The van der Waals surface area contributed by atoms with Crippen LogP contribution in [0.3, 0.4) is 0 Å². The van der Waals surface area contributed by atoms with E-state index in [0.717, 1.165) is 9.80 Å². The second-order valence-electron chi connectivity index (χ2n) is 4.23. The van der Waals surface area contributed by atoms with Crippen LogP contribution >= 0.6 is 0 Å². The van der Waals surface area contributed by atoms with Gasteiger partial charge in [0.25, 0.3) is 0 Å². The van der Waals surface area contributed by atoms with Crippen molar-refractivity contribution in [1.29, 1.82) is 0 Å². The van der Waals surface area contributed by atoms with Gasteiger partial charge in [0.15, 0.2) is 0 Å². The Morgan fingerprint density at radius 1 is 0.714 bits per heavy atom. The number of hydrogen-bond acceptors (Lipinski definition) is 2. The number of anilines is 2. The zero-order valence-electron chi connectivity index (χ0n) is 11.1. The molecule has 2 aromatic carbocycles. The molecule has 2 amide bonds. The SMILES string of the molecule is O=C(O)N(CN(C(=O)O)c1ccccc1)c1ccccc1. The van der Waals surface area contributed by atoms with Gasteiger partial charge < -0.3 is 10.2 Å². The van der Waals surface area contributed by atoms with Crippen LogP contribution in [0.5, 0.6) is 0 Å². The van der Waals surface area contributed by atoms with Crippen LogP contribution < -0.4 is 9.80 Å². The summed E-state index contributed by atoms with van der Waals surface area (Å²) in [6.45, 7) is -0.307. The van der Waals surface area contributed by atoms with Crippen molar-refractivity contribution >= 4 is 23.6 Å². The quantitative estimate of drug-likeness (QED) is 0.845. The van der Waals surface area contributed by atoms with Crippen LogP contribution in [0, 0.1) is 0 Å². The predicted molar refractivity (Wildman–Crippen MR) is 78.8 cm³/mol. The van der Waals surface area contributed by atoms with Gasteiger partial charge in [-0.3, -0.25) is 9.80 Å². The van der Waals surface area contributed by atoms with Crippen molar-refractivity contribution in [2.75, 3.05) is 16.5 Å². The van der Waals surface area contributed by atoms with Gasteiger partial charge in [0, 0.05) is 11.4 Å². The molecule has 2 rings (SSSR count). The molecule has 21 heavy (non-hydrogen) atoms. The van der Waals surface area contributed by atoms with E-state index < -0.39 is 12.2 Å². The zero-order chi connectivity index (χ0) is 15.2. The van der Waals surface area contributed by atoms with E-state index in [4.69, 9.17) is 0 Å². The molecular weight excluding hydrogens is 272 g/mol. The van der Waals surface area contributed by atoms with Crippen molar-refractivity contribution in [3.05, 3.63) is 60.7 Å². The highest BCUT2D eigenvalue weighted by atomic mass is 16.4. The molecule has 6 heteroatoms. The molecule has 2 aromatic rings. The standard InChI is InChI=1S/C15H14N2O4/c18-14(19)16(12-7-3-1-4-8-12)11-17(15(20)21)13-9-5-2-6-10-13/h1-10H,11H2,(H,18,19)(H,20,21). The smallest absolute Gasteiger partial charge is 0.413 e. The van der Waals surface area contributed by atoms with Crippen LogP contribution in [0.15, 0.2) is 60.7 Å². The number of nitrogens with zero attached hydrogens (tertiary/aromatic N) is 2. The van der Waals surface area contributed by atoms with E-state index >= 15 is 0 Å². The first-order chi connectivity index (χ1) is 10.1. The van der Waals surface area contributed by atoms with E-state index in [-0.39, 0.29) is 6.67 Å². The number of hydrogen-bond donors (Lipinski definition) is 2. The lowest BCUT2D eigenvalue weighted by Gasteiger charge is -2.26. The first-order valence-electron chi connectivity index (χ1n) is 6.20. The van der Waals surface area contributed by atoms with Crippen molar-refractivity contribution in [3.8, 4) is 0 Å². The minimum absolute atomic E-state index is 0.307. The summed E-state index contributed by atoms with van der Waals surface area (Å²) in [7, 11) is 0. The largest absolute Gasteiger partial charge is 0.465 e. The van der Waals surface area contributed by atoms with E-state index in [1.165, 1.54) is 0 Å². The lowest BCUT2D eigenvalue weighted by Crippen LogP contribution is -2.43. The predicted octanol–water partition coefficient (Wildman–Crippen LogP) is 3.31. The Bertz CT molecular complexity index is 561. The number of carbonyl (C=O) groups is 2. The second kappa shape index (κ2) is 6.42.